The molecule has 5 N–H and O–H groups in total. The summed E-state index contributed by atoms with van der Waals surface area (Å²) in [6, 6.07) is 9.50. The third kappa shape index (κ3) is 13.2. The summed E-state index contributed by atoms with van der Waals surface area (Å²) in [5.41, 5.74) is 19.2. The maximum absolute atomic E-state index is 6.87. The van der Waals surface area contributed by atoms with Crippen molar-refractivity contribution < 1.29 is 18.5 Å². The molecule has 64 heavy (non-hydrogen) atoms. The molecule has 0 amide bonds. The molecule has 3 atom stereocenters. The van der Waals surface area contributed by atoms with Crippen molar-refractivity contribution in [1.82, 2.24) is 14.9 Å². The van der Waals surface area contributed by atoms with Crippen LogP contribution in [0.1, 0.15) is 98.2 Å². The third-order valence-corrected chi connectivity index (χ3v) is 10.4. The largest absolute Gasteiger partial charge is 0.355 e. The molecule has 1 aromatic heterocycles. The number of benzene rings is 1. The lowest BCUT2D eigenvalue weighted by molar-refractivity contribution is 0.151. The van der Waals surface area contributed by atoms with Crippen LogP contribution in [-0.4, -0.2) is 46.4 Å². The summed E-state index contributed by atoms with van der Waals surface area (Å²) in [4.78, 5) is 20.2. The van der Waals surface area contributed by atoms with Gasteiger partial charge in [-0.05, 0) is 190 Å². The molecule has 1 spiro atoms. The zero-order chi connectivity index (χ0) is 45.1. The molecule has 1 aromatic carbocycles. The number of likely N-dealkylation sites (tertiary alicyclic amines) is 1. The molecule has 5 aliphatic rings. The number of aryl methyl sites for hydroxylation is 1. The number of nitrogens with one attached hydrogen (secondary N) is 1. The fourth-order valence-corrected chi connectivity index (χ4v) is 7.82. The number of piperidine rings is 2. The molecule has 13 heteroatoms. The van der Waals surface area contributed by atoms with E-state index in [0.717, 1.165) is 74.8 Å². The second-order valence-corrected chi connectivity index (χ2v) is 14.0. The van der Waals surface area contributed by atoms with Gasteiger partial charge in [0, 0.05) is 85.8 Å². The summed E-state index contributed by atoms with van der Waals surface area (Å²) in [6.07, 6.45) is 14.4. The number of hydrogen-bond donors (Lipinski definition) is 3. The van der Waals surface area contributed by atoms with Crippen molar-refractivity contribution in [2.24, 2.45) is 48.1 Å². The fourth-order valence-electron chi connectivity index (χ4n) is 7.82. The number of aliphatic imine (C=N–C) groups is 1. The molecule has 0 saturated carbocycles. The number of fused-ring (bicyclic) bond motifs is 5. The van der Waals surface area contributed by atoms with E-state index in [1.807, 2.05) is 0 Å². The van der Waals surface area contributed by atoms with Gasteiger partial charge in [-0.1, -0.05) is 35.4 Å². The molecule has 0 bridgehead atoms. The van der Waals surface area contributed by atoms with E-state index in [1.165, 1.54) is 36.1 Å². The Balaban J connectivity index is -0.000000135. The van der Waals surface area contributed by atoms with E-state index >= 15 is 0 Å². The number of hydrogen-bond acceptors (Lipinski definition) is 8. The summed E-state index contributed by atoms with van der Waals surface area (Å²) in [5, 5.41) is 13.5. The highest BCUT2D eigenvalue weighted by Crippen LogP contribution is 2.53. The highest BCUT2D eigenvalue weighted by molar-refractivity contribution is 6.00. The lowest BCUT2D eigenvalue weighted by atomic mass is 9.69. The maximum Gasteiger partial charge on any atom is 0.152 e. The molecule has 7 rings (SSSR count). The van der Waals surface area contributed by atoms with Crippen LogP contribution >= 0.6 is 0 Å². The van der Waals surface area contributed by atoms with E-state index in [1.54, 1.807) is 6.92 Å². The van der Waals surface area contributed by atoms with Gasteiger partial charge in [0.05, 0.1) is 17.9 Å². The number of amidine groups is 1. The van der Waals surface area contributed by atoms with Crippen LogP contribution in [0.5, 0.6) is 0 Å². The van der Waals surface area contributed by atoms with Gasteiger partial charge in [-0.25, -0.2) is 9.97 Å². The van der Waals surface area contributed by atoms with E-state index in [2.05, 4.69) is 202 Å². The van der Waals surface area contributed by atoms with Gasteiger partial charge in [0.1, 0.15) is 5.69 Å². The van der Waals surface area contributed by atoms with Crippen molar-refractivity contribution in [3.63, 3.8) is 0 Å². The zero-order valence-electron chi connectivity index (χ0n) is 35.2. The minimum atomic E-state index is 0. The average molecular weight is 860 g/mol. The number of nitrogens with zero attached hydrogens (tertiary/aromatic N) is 10. The maximum atomic E-state index is 6.87. The first-order valence-corrected chi connectivity index (χ1v) is 20.1. The Morgan fingerprint density at radius 2 is 1.34 bits per heavy atom. The number of anilines is 1. The predicted octanol–water partition coefficient (Wildman–Crippen LogP) is 7.88. The topological polar surface area (TPSA) is 182 Å². The van der Waals surface area contributed by atoms with E-state index in [9.17, 15) is 0 Å². The molecule has 0 unspecified atom stereocenters. The summed E-state index contributed by atoms with van der Waals surface area (Å²) >= 11 is 0. The van der Waals surface area contributed by atoms with Gasteiger partial charge in [0.15, 0.2) is 11.7 Å². The number of rotatable bonds is 2. The van der Waals surface area contributed by atoms with Crippen molar-refractivity contribution in [2.45, 2.75) is 76.9 Å². The molecule has 2 fully saturated rings. The highest BCUT2D eigenvalue weighted by Gasteiger charge is 2.50. The SMILES string of the molecule is C#CC#CC#CC#CC#CC#CC#CC#CC#CC#CC#CC#CC.N=N/N=N/N=N/N.N[C@@H]1c2ccccc2C[C@@]12CCN1c3nc4c(nc3CC[C@H]1C2)C(N1CCCCC1)=NC4.[HH].[HH].[HH].[HH].[HH].[HH].[HH].[HH].[HH].[HH].[HH].[HH].[HH]. The number of nitrogens with two attached hydrogens (primary N) is 2. The standard InChI is InChI=1S/C26H32N6.C25H4.H3N7.13H2/c27-23-19-7-3-2-6-17(19)14-26(23)10-13-32-18(15-26)8-9-20-24(32)30-21-16-28-25(22(21)29-20)31-11-4-1-5-12-31;1-3-5-7-9-11-13-15-17-19-21-23-25-24-22-20-18-16-14-12-10-8-6-4-2;1-3-5-7-6-4-2;;;;;;;;;;;;;/h2-3,6-7,18,23H,1,4-5,8-16,27H2;1H,2H3;(H3,1,2,5,6);13*1H/t18-,23+,26+;;;;;;;;;;;;;;;/m0.............../s1. The monoisotopic (exact) mass is 860 g/mol. The Labute approximate surface area is 394 Å². The van der Waals surface area contributed by atoms with Crippen molar-refractivity contribution >= 4 is 11.7 Å². The smallest absolute Gasteiger partial charge is 0.152 e. The molecule has 4 aliphatic heterocycles. The molecule has 5 heterocycles. The van der Waals surface area contributed by atoms with Crippen LogP contribution in [-0.2, 0) is 19.4 Å². The summed E-state index contributed by atoms with van der Waals surface area (Å²) in [5.74, 6) is 63.6. The van der Waals surface area contributed by atoms with Crippen LogP contribution in [0.2, 0.25) is 0 Å². The first kappa shape index (κ1) is 45.9. The van der Waals surface area contributed by atoms with Gasteiger partial charge in [0.25, 0.3) is 0 Å². The minimum absolute atomic E-state index is 0. The lowest BCUT2D eigenvalue weighted by Gasteiger charge is -2.49. The van der Waals surface area contributed by atoms with Crippen LogP contribution in [0, 0.1) is 154 Å². The van der Waals surface area contributed by atoms with Crippen LogP contribution in [0.4, 0.5) is 5.82 Å². The van der Waals surface area contributed by atoms with Crippen LogP contribution in [0.25, 0.3) is 0 Å². The predicted molar refractivity (Wildman–Crippen MR) is 272 cm³/mol. The van der Waals surface area contributed by atoms with Crippen LogP contribution < -0.4 is 16.5 Å². The van der Waals surface area contributed by atoms with Crippen molar-refractivity contribution in [3.05, 3.63) is 52.5 Å². The quantitative estimate of drug-likeness (QED) is 0.120. The number of terminal acetylenes is 1. The van der Waals surface area contributed by atoms with Crippen molar-refractivity contribution in [1.29, 1.82) is 5.53 Å². The van der Waals surface area contributed by atoms with E-state index in [4.69, 9.17) is 32.6 Å². The zero-order valence-corrected chi connectivity index (χ0v) is 35.2. The van der Waals surface area contributed by atoms with Crippen molar-refractivity contribution in [3.8, 4) is 143 Å². The second kappa shape index (κ2) is 25.5. The minimum Gasteiger partial charge on any atom is -0.355 e. The van der Waals surface area contributed by atoms with Gasteiger partial charge in [0.2, 0.25) is 0 Å². The highest BCUT2D eigenvalue weighted by atomic mass is 15.6. The number of aromatic nitrogens is 2. The molecule has 334 valence electrons. The van der Waals surface area contributed by atoms with Gasteiger partial charge < -0.3 is 21.4 Å². The Kier molecular flexibility index (Phi) is 18.3. The lowest BCUT2D eigenvalue weighted by Crippen LogP contribution is -2.52. The van der Waals surface area contributed by atoms with Gasteiger partial charge in [-0.2, -0.15) is 5.53 Å². The van der Waals surface area contributed by atoms with Crippen LogP contribution in [0.3, 0.4) is 0 Å². The Morgan fingerprint density at radius 1 is 0.750 bits per heavy atom. The first-order chi connectivity index (χ1) is 31.5. The van der Waals surface area contributed by atoms with Crippen molar-refractivity contribution in [2.75, 3.05) is 24.5 Å². The Hall–Kier alpha value is -9.15. The molecule has 1 aliphatic carbocycles. The molecular weight excluding hydrogens is 795 g/mol. The van der Waals surface area contributed by atoms with Gasteiger partial charge in [-0.3, -0.25) is 4.99 Å². The molecular formula is C51H65N13. The second-order valence-electron chi connectivity index (χ2n) is 14.0. The first-order valence-electron chi connectivity index (χ1n) is 20.1. The molecule has 13 nitrogen and oxygen atoms in total. The van der Waals surface area contributed by atoms with Gasteiger partial charge >= 0.3 is 0 Å². The molecule has 0 radical (unpaired) electrons. The Bertz CT molecular complexity index is 3030. The van der Waals surface area contributed by atoms with Crippen LogP contribution in [0.15, 0.2) is 55.4 Å². The summed E-state index contributed by atoms with van der Waals surface area (Å²) < 4.78 is 0. The normalized spacial score (nSPS) is 18.0. The Morgan fingerprint density at radius 3 is 1.91 bits per heavy atom. The van der Waals surface area contributed by atoms with E-state index in [0.29, 0.717) is 12.6 Å². The average Bonchev–Trinajstić information content (AvgIpc) is 3.86. The van der Waals surface area contributed by atoms with Gasteiger partial charge in [-0.15, -0.1) is 6.42 Å². The summed E-state index contributed by atoms with van der Waals surface area (Å²) in [6.45, 7) is 5.63. The third-order valence-electron chi connectivity index (χ3n) is 10.4. The summed E-state index contributed by atoms with van der Waals surface area (Å²) in [7, 11) is 0. The molecule has 2 saturated heterocycles. The van der Waals surface area contributed by atoms with E-state index in [-0.39, 0.29) is 30.0 Å². The fraction of sp³-hybridized carbons (Fsp3) is 0.314. The molecule has 2 aromatic rings. The van der Waals surface area contributed by atoms with E-state index < -0.39 is 0 Å².